The first-order valence-electron chi connectivity index (χ1n) is 6.35. The van der Waals surface area contributed by atoms with Crippen molar-refractivity contribution in [3.05, 3.63) is 51.7 Å². The normalized spacial score (nSPS) is 11.6. The topological polar surface area (TPSA) is 12.0 Å². The van der Waals surface area contributed by atoms with Crippen molar-refractivity contribution in [2.45, 2.75) is 39.7 Å². The van der Waals surface area contributed by atoms with Crippen LogP contribution in [0.5, 0.6) is 0 Å². The van der Waals surface area contributed by atoms with Gasteiger partial charge in [0.15, 0.2) is 0 Å². The van der Waals surface area contributed by atoms with Crippen LogP contribution >= 0.6 is 11.3 Å². The Kier molecular flexibility index (Phi) is 3.76. The van der Waals surface area contributed by atoms with Gasteiger partial charge in [-0.3, -0.25) is 0 Å². The molecule has 2 rings (SSSR count). The Morgan fingerprint density at radius 2 is 1.89 bits per heavy atom. The second-order valence-corrected chi connectivity index (χ2v) is 6.91. The van der Waals surface area contributed by atoms with E-state index in [0.717, 1.165) is 6.54 Å². The van der Waals surface area contributed by atoms with Crippen LogP contribution in [-0.4, -0.2) is 0 Å². The Labute approximate surface area is 114 Å². The smallest absolute Gasteiger partial charge is 0.0494 e. The molecule has 2 aromatic rings. The molecule has 1 aromatic carbocycles. The molecule has 0 fully saturated rings. The van der Waals surface area contributed by atoms with Gasteiger partial charge in [-0.15, -0.1) is 11.3 Å². The lowest BCUT2D eigenvalue weighted by Gasteiger charge is -2.15. The molecule has 0 radical (unpaired) electrons. The summed E-state index contributed by atoms with van der Waals surface area (Å²) in [5.41, 5.74) is 2.74. The number of nitrogens with one attached hydrogen (secondary N) is 1. The average Bonchev–Trinajstić information content (AvgIpc) is 2.74. The second-order valence-electron chi connectivity index (χ2n) is 5.74. The molecular formula is C16H21NS. The van der Waals surface area contributed by atoms with E-state index in [9.17, 15) is 0 Å². The first kappa shape index (κ1) is 13.2. The maximum Gasteiger partial charge on any atom is 0.0494 e. The van der Waals surface area contributed by atoms with Crippen molar-refractivity contribution >= 4 is 17.0 Å². The predicted molar refractivity (Wildman–Crippen MR) is 81.5 cm³/mol. The zero-order valence-corrected chi connectivity index (χ0v) is 12.4. The highest BCUT2D eigenvalue weighted by atomic mass is 32.1. The highest BCUT2D eigenvalue weighted by Crippen LogP contribution is 2.29. The van der Waals surface area contributed by atoms with Crippen LogP contribution in [0.2, 0.25) is 0 Å². The van der Waals surface area contributed by atoms with Crippen molar-refractivity contribution in [1.82, 2.24) is 0 Å². The largest absolute Gasteiger partial charge is 0.380 e. The number of rotatable bonds is 3. The van der Waals surface area contributed by atoms with Crippen LogP contribution in [-0.2, 0) is 12.0 Å². The van der Waals surface area contributed by atoms with Gasteiger partial charge in [0.2, 0.25) is 0 Å². The summed E-state index contributed by atoms with van der Waals surface area (Å²) in [6.45, 7) is 9.81. The molecule has 18 heavy (non-hydrogen) atoms. The van der Waals surface area contributed by atoms with Crippen LogP contribution < -0.4 is 5.32 Å². The molecule has 0 spiro atoms. The van der Waals surface area contributed by atoms with Crippen LogP contribution in [0.1, 0.15) is 36.1 Å². The number of hydrogen-bond donors (Lipinski definition) is 1. The van der Waals surface area contributed by atoms with E-state index in [2.05, 4.69) is 69.4 Å². The fraction of sp³-hybridized carbons (Fsp3) is 0.375. The van der Waals surface area contributed by atoms with Gasteiger partial charge >= 0.3 is 0 Å². The van der Waals surface area contributed by atoms with Crippen molar-refractivity contribution in [1.29, 1.82) is 0 Å². The van der Waals surface area contributed by atoms with E-state index in [1.54, 1.807) is 0 Å². The summed E-state index contributed by atoms with van der Waals surface area (Å²) in [7, 11) is 0. The summed E-state index contributed by atoms with van der Waals surface area (Å²) < 4.78 is 0. The predicted octanol–water partition coefficient (Wildman–Crippen LogP) is 4.97. The van der Waals surface area contributed by atoms with E-state index in [4.69, 9.17) is 0 Å². The van der Waals surface area contributed by atoms with Gasteiger partial charge in [-0.2, -0.15) is 0 Å². The summed E-state index contributed by atoms with van der Waals surface area (Å²) in [5, 5.41) is 3.48. The van der Waals surface area contributed by atoms with E-state index in [0.29, 0.717) is 0 Å². The van der Waals surface area contributed by atoms with Crippen LogP contribution in [0.4, 0.5) is 5.69 Å². The maximum absolute atomic E-state index is 3.48. The average molecular weight is 259 g/mol. The van der Waals surface area contributed by atoms with Crippen LogP contribution in [0, 0.1) is 6.92 Å². The molecule has 1 nitrogen and oxygen atoms in total. The molecule has 0 aliphatic rings. The molecule has 1 aromatic heterocycles. The fourth-order valence-electron chi connectivity index (χ4n) is 1.82. The lowest BCUT2D eigenvalue weighted by molar-refractivity contribution is 0.604. The van der Waals surface area contributed by atoms with E-state index in [-0.39, 0.29) is 5.41 Å². The van der Waals surface area contributed by atoms with Crippen molar-refractivity contribution in [3.8, 4) is 0 Å². The van der Waals surface area contributed by atoms with Gasteiger partial charge in [0, 0.05) is 22.0 Å². The monoisotopic (exact) mass is 259 g/mol. The number of thiophene rings is 1. The summed E-state index contributed by atoms with van der Waals surface area (Å²) in [6.07, 6.45) is 0. The van der Waals surface area contributed by atoms with Crippen molar-refractivity contribution < 1.29 is 0 Å². The van der Waals surface area contributed by atoms with Gasteiger partial charge in [0.05, 0.1) is 0 Å². The maximum atomic E-state index is 3.48. The number of aryl methyl sites for hydroxylation is 1. The zero-order valence-electron chi connectivity index (χ0n) is 11.6. The molecule has 0 saturated heterocycles. The Hall–Kier alpha value is -1.28. The lowest BCUT2D eigenvalue weighted by atomic mass is 9.95. The molecule has 2 heteroatoms. The number of benzene rings is 1. The molecule has 0 bridgehead atoms. The van der Waals surface area contributed by atoms with Crippen LogP contribution in [0.15, 0.2) is 36.4 Å². The summed E-state index contributed by atoms with van der Waals surface area (Å²) in [5.74, 6) is 0. The fourth-order valence-corrected chi connectivity index (χ4v) is 2.83. The number of hydrogen-bond acceptors (Lipinski definition) is 2. The Morgan fingerprint density at radius 3 is 2.50 bits per heavy atom. The SMILES string of the molecule is Cc1cccc(NCc2ccc(C(C)(C)C)s2)c1. The van der Waals surface area contributed by atoms with Gasteiger partial charge in [-0.1, -0.05) is 32.9 Å². The van der Waals surface area contributed by atoms with Crippen LogP contribution in [0.3, 0.4) is 0 Å². The minimum absolute atomic E-state index is 0.256. The van der Waals surface area contributed by atoms with E-state index in [1.165, 1.54) is 21.0 Å². The third-order valence-electron chi connectivity index (χ3n) is 2.89. The first-order valence-corrected chi connectivity index (χ1v) is 7.16. The number of anilines is 1. The molecule has 0 aliphatic carbocycles. The summed E-state index contributed by atoms with van der Waals surface area (Å²) in [6, 6.07) is 13.0. The minimum Gasteiger partial charge on any atom is -0.380 e. The van der Waals surface area contributed by atoms with Crippen molar-refractivity contribution in [2.75, 3.05) is 5.32 Å². The van der Waals surface area contributed by atoms with Gasteiger partial charge < -0.3 is 5.32 Å². The highest BCUT2D eigenvalue weighted by molar-refractivity contribution is 7.12. The first-order chi connectivity index (χ1) is 8.45. The quantitative estimate of drug-likeness (QED) is 0.821. The van der Waals surface area contributed by atoms with Gasteiger partial charge in [0.25, 0.3) is 0 Å². The summed E-state index contributed by atoms with van der Waals surface area (Å²) in [4.78, 5) is 2.84. The Morgan fingerprint density at radius 1 is 1.11 bits per heavy atom. The molecule has 1 heterocycles. The van der Waals surface area contributed by atoms with Gasteiger partial charge in [-0.05, 0) is 42.2 Å². The van der Waals surface area contributed by atoms with Gasteiger partial charge in [0.1, 0.15) is 0 Å². The van der Waals surface area contributed by atoms with Gasteiger partial charge in [-0.25, -0.2) is 0 Å². The molecule has 1 N–H and O–H groups in total. The second kappa shape index (κ2) is 5.15. The van der Waals surface area contributed by atoms with Crippen LogP contribution in [0.25, 0.3) is 0 Å². The Balaban J connectivity index is 2.01. The van der Waals surface area contributed by atoms with Crippen molar-refractivity contribution in [3.63, 3.8) is 0 Å². The molecule has 96 valence electrons. The zero-order chi connectivity index (χ0) is 13.2. The minimum atomic E-state index is 0.256. The molecule has 0 amide bonds. The lowest BCUT2D eigenvalue weighted by Crippen LogP contribution is -2.07. The molecule has 0 aliphatic heterocycles. The van der Waals surface area contributed by atoms with E-state index >= 15 is 0 Å². The highest BCUT2D eigenvalue weighted by Gasteiger charge is 2.15. The third-order valence-corrected chi connectivity index (χ3v) is 4.40. The standard InChI is InChI=1S/C16H21NS/c1-12-6-5-7-13(10-12)17-11-14-8-9-15(18-14)16(2,3)4/h5-10,17H,11H2,1-4H3. The van der Waals surface area contributed by atoms with Crippen molar-refractivity contribution in [2.24, 2.45) is 0 Å². The Bertz CT molecular complexity index is 520. The third kappa shape index (κ3) is 3.36. The summed E-state index contributed by atoms with van der Waals surface area (Å²) >= 11 is 1.90. The molecule has 0 saturated carbocycles. The molecule has 0 atom stereocenters. The molecule has 0 unspecified atom stereocenters. The molecular weight excluding hydrogens is 238 g/mol. The van der Waals surface area contributed by atoms with E-state index in [1.807, 2.05) is 11.3 Å². The van der Waals surface area contributed by atoms with E-state index < -0.39 is 0 Å².